The summed E-state index contributed by atoms with van der Waals surface area (Å²) < 4.78 is 0. The van der Waals surface area contributed by atoms with Crippen molar-refractivity contribution >= 4 is 341 Å². The molecule has 11 heavy (non-hydrogen) atoms. The monoisotopic (exact) mass is 561 g/mol. The van der Waals surface area contributed by atoms with Crippen LogP contribution in [-0.4, -0.2) is 341 Å². The quantitative estimate of drug-likeness (QED) is 0.258. The van der Waals surface area contributed by atoms with E-state index in [0.717, 1.165) is 0 Å². The van der Waals surface area contributed by atoms with E-state index in [4.69, 9.17) is 0 Å². The van der Waals surface area contributed by atoms with Gasteiger partial charge in [0.2, 0.25) is 0 Å². The maximum Gasteiger partial charge on any atom is 0 e. The summed E-state index contributed by atoms with van der Waals surface area (Å²) in [5, 5.41) is 0. The van der Waals surface area contributed by atoms with Crippen LogP contribution < -0.4 is 0 Å². The van der Waals surface area contributed by atoms with Crippen molar-refractivity contribution < 1.29 is 19.5 Å². The normalized spacial score (nSPS) is 0. The summed E-state index contributed by atoms with van der Waals surface area (Å²) in [6.45, 7) is 0. The van der Waals surface area contributed by atoms with Crippen molar-refractivity contribution in [2.24, 2.45) is 0 Å². The number of rotatable bonds is 0. The zero-order valence-corrected chi connectivity index (χ0v) is 3.67. The fraction of sp³-hybridized carbons (Fsp3) is 0. The molecule has 0 aliphatic rings. The Morgan fingerprint density at radius 2 is 1.00 bits per heavy atom. The van der Waals surface area contributed by atoms with Gasteiger partial charge in [0.1, 0.15) is 0 Å². The molecule has 0 aliphatic heterocycles. The summed E-state index contributed by atoms with van der Waals surface area (Å²) in [6, 6.07) is 0. The summed E-state index contributed by atoms with van der Waals surface area (Å²) in [5.41, 5.74) is 0. The summed E-state index contributed by atoms with van der Waals surface area (Å²) in [5.74, 6) is 0. The fourth-order valence-electron chi connectivity index (χ4n) is 0. The smallest absolute Gasteiger partial charge is 0 e. The molecule has 11 heteroatoms. The van der Waals surface area contributed by atoms with Crippen molar-refractivity contribution in [3.05, 3.63) is 0 Å². The van der Waals surface area contributed by atoms with Gasteiger partial charge in [-0.3, -0.25) is 0 Å². The third-order valence-corrected chi connectivity index (χ3v) is 0. The first-order valence-corrected chi connectivity index (χ1v) is 0. The van der Waals surface area contributed by atoms with Gasteiger partial charge in [0, 0.05) is 19.5 Å². The molecular formula is H17AlBaBeCaKLiMgNaRbSrZn. The van der Waals surface area contributed by atoms with Gasteiger partial charge in [-0.1, -0.05) is 0 Å². The summed E-state index contributed by atoms with van der Waals surface area (Å²) in [7, 11) is 0. The average Bonchev–Trinajstić information content (AvgIpc) is 0. The van der Waals surface area contributed by atoms with Gasteiger partial charge in [-0.25, -0.2) is 0 Å². The largest absolute Gasteiger partial charge is 0 e. The van der Waals surface area contributed by atoms with E-state index in [-0.39, 0.29) is 360 Å². The van der Waals surface area contributed by atoms with E-state index in [1.165, 1.54) is 0 Å². The van der Waals surface area contributed by atoms with Crippen LogP contribution in [0, 0.1) is 0 Å². The molecule has 0 N–H and O–H groups in total. The van der Waals surface area contributed by atoms with Crippen LogP contribution in [0.25, 0.3) is 0 Å². The molecule has 0 spiro atoms. The van der Waals surface area contributed by atoms with E-state index < -0.39 is 0 Å². The van der Waals surface area contributed by atoms with Crippen LogP contribution in [0.2, 0.25) is 0 Å². The van der Waals surface area contributed by atoms with E-state index in [2.05, 4.69) is 0 Å². The van der Waals surface area contributed by atoms with Gasteiger partial charge < -0.3 is 0 Å². The van der Waals surface area contributed by atoms with Crippen molar-refractivity contribution in [3.8, 4) is 0 Å². The second-order valence-corrected chi connectivity index (χ2v) is 0. The molecule has 0 saturated carbocycles. The van der Waals surface area contributed by atoms with Gasteiger partial charge in [0.15, 0.2) is 17.4 Å². The molecule has 0 saturated heterocycles. The third-order valence-electron chi connectivity index (χ3n) is 0. The minimum absolute atomic E-state index is 0. The molecule has 0 aromatic rings. The van der Waals surface area contributed by atoms with Crippen LogP contribution in [-0.2, 0) is 19.5 Å². The van der Waals surface area contributed by atoms with Crippen molar-refractivity contribution in [2.75, 3.05) is 0 Å². The second kappa shape index (κ2) is 68.4. The van der Waals surface area contributed by atoms with Gasteiger partial charge >= 0.3 is 323 Å². The second-order valence-electron chi connectivity index (χ2n) is 0. The Balaban J connectivity index is 0. The first-order chi connectivity index (χ1) is 0. The molecule has 0 aliphatic carbocycles. The van der Waals surface area contributed by atoms with Crippen LogP contribution in [0.1, 0.15) is 0 Å². The molecule has 0 heterocycles. The Hall–Kier alpha value is 11.4. The Morgan fingerprint density at radius 3 is 1.00 bits per heavy atom. The zero-order valence-electron chi connectivity index (χ0n) is 0.707. The van der Waals surface area contributed by atoms with Crippen molar-refractivity contribution in [2.45, 2.75) is 0 Å². The van der Waals surface area contributed by atoms with Gasteiger partial charge in [0.05, 0.1) is 0 Å². The molecule has 0 fully saturated rings. The minimum atomic E-state index is 0. The first-order valence-electron chi connectivity index (χ1n) is 0. The van der Waals surface area contributed by atoms with Gasteiger partial charge in [-0.05, 0) is 0 Å². The van der Waals surface area contributed by atoms with Gasteiger partial charge in [0.25, 0.3) is 0 Å². The van der Waals surface area contributed by atoms with Crippen molar-refractivity contribution in [3.63, 3.8) is 0 Å². The fourth-order valence-corrected chi connectivity index (χ4v) is 0. The molecule has 0 amide bonds. The van der Waals surface area contributed by atoms with E-state index in [1.807, 2.05) is 0 Å². The first kappa shape index (κ1) is 78.8. The third kappa shape index (κ3) is 61.9. The maximum absolute atomic E-state index is 0. The summed E-state index contributed by atoms with van der Waals surface area (Å²) in [6.07, 6.45) is 0. The SMILES string of the molecule is [AlH3].[BaH2].[BeH2].[CaH2].[KH].[LiH].[MgH2].[NaH].[RbH].[SrH2].[Zn]. The molecule has 0 rings (SSSR count). The Kier molecular flexibility index (Phi) is 490. The van der Waals surface area contributed by atoms with Crippen LogP contribution in [0.4, 0.5) is 0 Å². The van der Waals surface area contributed by atoms with Crippen molar-refractivity contribution in [1.82, 2.24) is 0 Å². The van der Waals surface area contributed by atoms with E-state index >= 15 is 0 Å². The van der Waals surface area contributed by atoms with Crippen LogP contribution in [0.5, 0.6) is 0 Å². The summed E-state index contributed by atoms with van der Waals surface area (Å²) in [4.78, 5) is 0. The van der Waals surface area contributed by atoms with Crippen LogP contribution in [0.3, 0.4) is 0 Å². The van der Waals surface area contributed by atoms with Crippen molar-refractivity contribution in [1.29, 1.82) is 0 Å². The molecule has 0 bridgehead atoms. The Bertz CT molecular complexity index is 38.1. The molecule has 0 aromatic heterocycles. The Morgan fingerprint density at radius 1 is 1.00 bits per heavy atom. The van der Waals surface area contributed by atoms with Gasteiger partial charge in [-0.15, -0.1) is 0 Å². The average molecular weight is 562 g/mol. The van der Waals surface area contributed by atoms with E-state index in [0.29, 0.717) is 0 Å². The molecule has 0 atom stereocenters. The molecule has 0 unspecified atom stereocenters. The van der Waals surface area contributed by atoms with E-state index in [1.54, 1.807) is 0 Å². The number of hydrogen-bond donors (Lipinski definition) is 0. The maximum atomic E-state index is 0. The summed E-state index contributed by atoms with van der Waals surface area (Å²) >= 11 is 0. The Labute approximate surface area is 346 Å². The predicted octanol–water partition coefficient (Wildman–Crippen LogP) is -8.36. The predicted molar refractivity (Wildman–Crippen MR) is 81.3 cm³/mol. The molecule has 36 valence electrons. The molecule has 0 aromatic carbocycles. The number of hydrogen-bond acceptors (Lipinski definition) is 0. The minimum Gasteiger partial charge on any atom is 0 e. The topological polar surface area (TPSA) is 0 Å². The molecule has 0 nitrogen and oxygen atoms in total. The van der Waals surface area contributed by atoms with Gasteiger partial charge in [-0.2, -0.15) is 0 Å². The van der Waals surface area contributed by atoms with Crippen LogP contribution in [0.15, 0.2) is 0 Å². The molecule has 0 radical (unpaired) electrons. The van der Waals surface area contributed by atoms with E-state index in [9.17, 15) is 0 Å². The zero-order chi connectivity index (χ0) is 0. The van der Waals surface area contributed by atoms with Crippen LogP contribution >= 0.6 is 0 Å². The molecular weight excluding hydrogens is 545 g/mol. The standard InChI is InChI=1S/Al.Ba.Be.Ca.K.Li.Mg.Na.Rb.Sr.Zn.17H.